The van der Waals surface area contributed by atoms with Gasteiger partial charge >= 0.3 is 0 Å². The second kappa shape index (κ2) is 4.16. The van der Waals surface area contributed by atoms with Crippen LogP contribution in [0.25, 0.3) is 10.9 Å². The van der Waals surface area contributed by atoms with Gasteiger partial charge in [-0.05, 0) is 17.7 Å². The van der Waals surface area contributed by atoms with Crippen molar-refractivity contribution in [2.45, 2.75) is 13.1 Å². The van der Waals surface area contributed by atoms with E-state index in [4.69, 9.17) is 0 Å². The number of para-hydroxylation sites is 1. The molecule has 0 radical (unpaired) electrons. The van der Waals surface area contributed by atoms with E-state index in [0.29, 0.717) is 18.8 Å². The topological polar surface area (TPSA) is 61.9 Å². The Balaban J connectivity index is 1.69. The molecule has 0 saturated carbocycles. The Labute approximate surface area is 115 Å². The zero-order valence-electron chi connectivity index (χ0n) is 10.7. The fraction of sp³-hybridized carbons (Fsp3) is 0.133. The standard InChI is InChI=1S/C15H12N4O/c20-15(14-11-5-1-2-6-12(11)17-18-14)19-8-10-4-3-7-16-13(10)9-19/h1-7H,8-9H2,(H,17,18). The lowest BCUT2D eigenvalue weighted by atomic mass is 10.2. The molecule has 4 rings (SSSR count). The van der Waals surface area contributed by atoms with E-state index in [9.17, 15) is 4.79 Å². The lowest BCUT2D eigenvalue weighted by molar-refractivity contribution is 0.0746. The Bertz CT molecular complexity index is 783. The molecule has 5 heteroatoms. The summed E-state index contributed by atoms with van der Waals surface area (Å²) in [6, 6.07) is 11.6. The van der Waals surface area contributed by atoms with E-state index >= 15 is 0 Å². The smallest absolute Gasteiger partial charge is 0.275 e. The van der Waals surface area contributed by atoms with Gasteiger partial charge in [0.15, 0.2) is 5.69 Å². The minimum Gasteiger partial charge on any atom is -0.327 e. The third-order valence-corrected chi connectivity index (χ3v) is 3.65. The zero-order valence-corrected chi connectivity index (χ0v) is 10.7. The number of aromatic amines is 1. The average molecular weight is 264 g/mol. The van der Waals surface area contributed by atoms with Crippen molar-refractivity contribution < 1.29 is 4.79 Å². The Hall–Kier alpha value is -2.69. The van der Waals surface area contributed by atoms with E-state index in [1.54, 1.807) is 11.1 Å². The van der Waals surface area contributed by atoms with Gasteiger partial charge in [0.25, 0.3) is 5.91 Å². The molecule has 3 aromatic rings. The summed E-state index contributed by atoms with van der Waals surface area (Å²) in [6.07, 6.45) is 1.76. The molecule has 0 fully saturated rings. The van der Waals surface area contributed by atoms with Crippen LogP contribution in [-0.4, -0.2) is 26.0 Å². The lowest BCUT2D eigenvalue weighted by Gasteiger charge is -2.13. The van der Waals surface area contributed by atoms with Crippen molar-refractivity contribution in [3.63, 3.8) is 0 Å². The van der Waals surface area contributed by atoms with E-state index in [1.807, 2.05) is 36.4 Å². The Kier molecular flexibility index (Phi) is 2.32. The number of fused-ring (bicyclic) bond motifs is 2. The molecule has 1 aliphatic heterocycles. The highest BCUT2D eigenvalue weighted by Gasteiger charge is 2.27. The summed E-state index contributed by atoms with van der Waals surface area (Å²) in [5.74, 6) is -0.0551. The Morgan fingerprint density at radius 3 is 2.95 bits per heavy atom. The zero-order chi connectivity index (χ0) is 13.5. The summed E-state index contributed by atoms with van der Waals surface area (Å²) in [7, 11) is 0. The van der Waals surface area contributed by atoms with Gasteiger partial charge < -0.3 is 4.90 Å². The molecular weight excluding hydrogens is 252 g/mol. The highest BCUT2D eigenvalue weighted by Crippen LogP contribution is 2.24. The predicted molar refractivity (Wildman–Crippen MR) is 73.9 cm³/mol. The third-order valence-electron chi connectivity index (χ3n) is 3.65. The normalized spacial score (nSPS) is 13.7. The second-order valence-electron chi connectivity index (χ2n) is 4.89. The fourth-order valence-corrected chi connectivity index (χ4v) is 2.62. The molecule has 0 unspecified atom stereocenters. The third kappa shape index (κ3) is 1.60. The van der Waals surface area contributed by atoms with Crippen molar-refractivity contribution in [2.75, 3.05) is 0 Å². The summed E-state index contributed by atoms with van der Waals surface area (Å²) in [4.78, 5) is 18.7. The first-order valence-electron chi connectivity index (χ1n) is 6.48. The van der Waals surface area contributed by atoms with E-state index in [1.165, 1.54) is 0 Å². The van der Waals surface area contributed by atoms with Crippen LogP contribution in [0.5, 0.6) is 0 Å². The summed E-state index contributed by atoms with van der Waals surface area (Å²) in [5, 5.41) is 7.93. The van der Waals surface area contributed by atoms with E-state index in [0.717, 1.165) is 22.2 Å². The Morgan fingerprint density at radius 2 is 2.05 bits per heavy atom. The number of amides is 1. The molecule has 0 saturated heterocycles. The minimum absolute atomic E-state index is 0.0551. The molecule has 1 amide bonds. The van der Waals surface area contributed by atoms with Crippen molar-refractivity contribution in [2.24, 2.45) is 0 Å². The van der Waals surface area contributed by atoms with Crippen LogP contribution in [0.1, 0.15) is 21.7 Å². The predicted octanol–water partition coefficient (Wildman–Crippen LogP) is 2.11. The number of benzene rings is 1. The van der Waals surface area contributed by atoms with Crippen LogP contribution < -0.4 is 0 Å². The number of pyridine rings is 1. The van der Waals surface area contributed by atoms with E-state index in [2.05, 4.69) is 15.2 Å². The van der Waals surface area contributed by atoms with Crippen LogP contribution >= 0.6 is 0 Å². The quantitative estimate of drug-likeness (QED) is 0.732. The molecule has 0 aliphatic carbocycles. The van der Waals surface area contributed by atoms with Gasteiger partial charge in [0.1, 0.15) is 0 Å². The number of H-pyrrole nitrogens is 1. The summed E-state index contributed by atoms with van der Waals surface area (Å²) >= 11 is 0. The molecule has 1 aliphatic rings. The lowest BCUT2D eigenvalue weighted by Crippen LogP contribution is -2.25. The first kappa shape index (κ1) is 11.2. The minimum atomic E-state index is -0.0551. The van der Waals surface area contributed by atoms with Gasteiger partial charge in [-0.2, -0.15) is 5.10 Å². The van der Waals surface area contributed by atoms with Crippen LogP contribution in [0.2, 0.25) is 0 Å². The molecule has 2 aromatic heterocycles. The van der Waals surface area contributed by atoms with Crippen molar-refractivity contribution in [3.8, 4) is 0 Å². The van der Waals surface area contributed by atoms with Crippen LogP contribution in [0.3, 0.4) is 0 Å². The van der Waals surface area contributed by atoms with Gasteiger partial charge in [-0.15, -0.1) is 0 Å². The van der Waals surface area contributed by atoms with Gasteiger partial charge in [-0.3, -0.25) is 14.9 Å². The van der Waals surface area contributed by atoms with Crippen LogP contribution in [0.15, 0.2) is 42.6 Å². The molecule has 3 heterocycles. The summed E-state index contributed by atoms with van der Waals surface area (Å²) in [6.45, 7) is 1.15. The molecule has 5 nitrogen and oxygen atoms in total. The van der Waals surface area contributed by atoms with Crippen molar-refractivity contribution in [1.82, 2.24) is 20.1 Å². The number of hydrogen-bond donors (Lipinski definition) is 1. The maximum absolute atomic E-state index is 12.6. The molecule has 0 bridgehead atoms. The second-order valence-corrected chi connectivity index (χ2v) is 4.89. The van der Waals surface area contributed by atoms with Crippen molar-refractivity contribution in [1.29, 1.82) is 0 Å². The molecule has 0 atom stereocenters. The highest BCUT2D eigenvalue weighted by molar-refractivity contribution is 6.04. The maximum Gasteiger partial charge on any atom is 0.275 e. The SMILES string of the molecule is O=C(c1n[nH]c2ccccc12)N1Cc2cccnc2C1. The molecule has 98 valence electrons. The monoisotopic (exact) mass is 264 g/mol. The molecule has 1 aromatic carbocycles. The van der Waals surface area contributed by atoms with Gasteiger partial charge in [0.2, 0.25) is 0 Å². The average Bonchev–Trinajstić information content (AvgIpc) is 3.10. The largest absolute Gasteiger partial charge is 0.327 e. The van der Waals surface area contributed by atoms with Gasteiger partial charge in [0.05, 0.1) is 17.8 Å². The van der Waals surface area contributed by atoms with Crippen LogP contribution in [0.4, 0.5) is 0 Å². The number of rotatable bonds is 1. The van der Waals surface area contributed by atoms with E-state index < -0.39 is 0 Å². The van der Waals surface area contributed by atoms with Crippen molar-refractivity contribution in [3.05, 3.63) is 59.5 Å². The maximum atomic E-state index is 12.6. The fourth-order valence-electron chi connectivity index (χ4n) is 2.62. The number of aromatic nitrogens is 3. The van der Waals surface area contributed by atoms with Gasteiger partial charge in [-0.1, -0.05) is 24.3 Å². The molecular formula is C15H12N4O. The Morgan fingerprint density at radius 1 is 1.15 bits per heavy atom. The van der Waals surface area contributed by atoms with E-state index in [-0.39, 0.29) is 5.91 Å². The molecule has 1 N–H and O–H groups in total. The number of nitrogens with one attached hydrogen (secondary N) is 1. The van der Waals surface area contributed by atoms with Gasteiger partial charge in [-0.25, -0.2) is 0 Å². The number of hydrogen-bond acceptors (Lipinski definition) is 3. The number of carbonyl (C=O) groups is 1. The first-order valence-corrected chi connectivity index (χ1v) is 6.48. The van der Waals surface area contributed by atoms with Crippen molar-refractivity contribution >= 4 is 16.8 Å². The number of carbonyl (C=O) groups excluding carboxylic acids is 1. The summed E-state index contributed by atoms with van der Waals surface area (Å²) < 4.78 is 0. The summed E-state index contributed by atoms with van der Waals surface area (Å²) in [5.41, 5.74) is 3.44. The van der Waals surface area contributed by atoms with Gasteiger partial charge in [0, 0.05) is 18.1 Å². The number of nitrogens with zero attached hydrogens (tertiary/aromatic N) is 3. The van der Waals surface area contributed by atoms with Crippen LogP contribution in [0, 0.1) is 0 Å². The molecule has 20 heavy (non-hydrogen) atoms. The first-order chi connectivity index (χ1) is 9.83. The molecule has 0 spiro atoms. The van der Waals surface area contributed by atoms with Crippen LogP contribution in [-0.2, 0) is 13.1 Å². The highest BCUT2D eigenvalue weighted by atomic mass is 16.2.